The number of fused-ring (bicyclic) bond motifs is 1. The lowest BCUT2D eigenvalue weighted by Gasteiger charge is -2.14. The Bertz CT molecular complexity index is 629. The highest BCUT2D eigenvalue weighted by Crippen LogP contribution is 2.33. The average molecular weight is 273 g/mol. The van der Waals surface area contributed by atoms with E-state index in [1.807, 2.05) is 12.1 Å². The van der Waals surface area contributed by atoms with Gasteiger partial charge in [0.1, 0.15) is 0 Å². The Morgan fingerprint density at radius 1 is 1.30 bits per heavy atom. The van der Waals surface area contributed by atoms with Crippen molar-refractivity contribution in [2.45, 2.75) is 32.0 Å². The molecular formula is C14H16FN5. The second-order valence-corrected chi connectivity index (χ2v) is 4.93. The zero-order valence-corrected chi connectivity index (χ0v) is 11.2. The molecule has 0 saturated carbocycles. The van der Waals surface area contributed by atoms with E-state index in [1.54, 1.807) is 0 Å². The fourth-order valence-corrected chi connectivity index (χ4v) is 2.51. The second-order valence-electron chi connectivity index (χ2n) is 4.93. The summed E-state index contributed by atoms with van der Waals surface area (Å²) in [4.78, 5) is 11.9. The Kier molecular flexibility index (Phi) is 3.22. The van der Waals surface area contributed by atoms with E-state index < -0.39 is 6.17 Å². The fourth-order valence-electron chi connectivity index (χ4n) is 2.51. The van der Waals surface area contributed by atoms with Crippen LogP contribution < -0.4 is 11.1 Å². The number of nitrogen functional groups attached to an aromatic ring is 1. The lowest BCUT2D eigenvalue weighted by Crippen LogP contribution is -2.13. The lowest BCUT2D eigenvalue weighted by molar-refractivity contribution is 0.356. The van der Waals surface area contributed by atoms with E-state index in [4.69, 9.17) is 5.73 Å². The fraction of sp³-hybridized carbons (Fsp3) is 0.357. The van der Waals surface area contributed by atoms with Gasteiger partial charge in [-0.25, -0.2) is 4.39 Å². The molecule has 1 aromatic carbocycles. The van der Waals surface area contributed by atoms with Gasteiger partial charge in [0.25, 0.3) is 0 Å². The van der Waals surface area contributed by atoms with Gasteiger partial charge in [-0.1, -0.05) is 24.3 Å². The summed E-state index contributed by atoms with van der Waals surface area (Å²) in [7, 11) is 0. The Morgan fingerprint density at radius 2 is 2.10 bits per heavy atom. The number of halogens is 1. The van der Waals surface area contributed by atoms with Crippen LogP contribution in [0.25, 0.3) is 0 Å². The number of nitrogens with zero attached hydrogens (tertiary/aromatic N) is 3. The van der Waals surface area contributed by atoms with Gasteiger partial charge in [0.05, 0.1) is 6.04 Å². The molecule has 1 aliphatic rings. The highest BCUT2D eigenvalue weighted by Gasteiger charge is 2.23. The predicted molar refractivity (Wildman–Crippen MR) is 74.9 cm³/mol. The number of rotatable bonds is 3. The van der Waals surface area contributed by atoms with Gasteiger partial charge >= 0.3 is 0 Å². The molecule has 2 unspecified atom stereocenters. The highest BCUT2D eigenvalue weighted by atomic mass is 19.1. The van der Waals surface area contributed by atoms with Crippen molar-refractivity contribution in [3.63, 3.8) is 0 Å². The van der Waals surface area contributed by atoms with E-state index in [0.29, 0.717) is 5.95 Å². The van der Waals surface area contributed by atoms with E-state index in [-0.39, 0.29) is 17.8 Å². The summed E-state index contributed by atoms with van der Waals surface area (Å²) in [5.41, 5.74) is 8.16. The molecule has 6 heteroatoms. The van der Waals surface area contributed by atoms with Crippen LogP contribution >= 0.6 is 0 Å². The molecule has 1 heterocycles. The van der Waals surface area contributed by atoms with Gasteiger partial charge < -0.3 is 11.1 Å². The molecule has 5 nitrogen and oxygen atoms in total. The number of benzene rings is 1. The Morgan fingerprint density at radius 3 is 2.90 bits per heavy atom. The lowest BCUT2D eigenvalue weighted by atomic mass is 10.1. The van der Waals surface area contributed by atoms with Crippen LogP contribution in [-0.4, -0.2) is 15.0 Å². The summed E-state index contributed by atoms with van der Waals surface area (Å²) >= 11 is 0. The number of anilines is 2. The van der Waals surface area contributed by atoms with E-state index in [2.05, 4.69) is 32.4 Å². The first-order chi connectivity index (χ1) is 9.63. The summed E-state index contributed by atoms with van der Waals surface area (Å²) in [6.45, 7) is 1.38. The third kappa shape index (κ3) is 2.41. The van der Waals surface area contributed by atoms with Crippen molar-refractivity contribution in [3.05, 3.63) is 41.2 Å². The number of hydrogen-bond donors (Lipinski definition) is 2. The number of aromatic nitrogens is 3. The molecule has 0 saturated heterocycles. The molecular weight excluding hydrogens is 257 g/mol. The Labute approximate surface area is 116 Å². The van der Waals surface area contributed by atoms with Crippen LogP contribution in [0.1, 0.15) is 42.5 Å². The summed E-state index contributed by atoms with van der Waals surface area (Å²) < 4.78 is 13.3. The average Bonchev–Trinajstić information content (AvgIpc) is 2.82. The van der Waals surface area contributed by atoms with Gasteiger partial charge in [0.15, 0.2) is 12.0 Å². The summed E-state index contributed by atoms with van der Waals surface area (Å²) in [6, 6.07) is 8.38. The second kappa shape index (κ2) is 5.03. The van der Waals surface area contributed by atoms with Crippen LogP contribution in [0.15, 0.2) is 24.3 Å². The minimum absolute atomic E-state index is 0.0354. The molecule has 0 radical (unpaired) electrons. The van der Waals surface area contributed by atoms with E-state index in [1.165, 1.54) is 18.1 Å². The molecule has 0 amide bonds. The van der Waals surface area contributed by atoms with Gasteiger partial charge in [-0.05, 0) is 30.9 Å². The molecule has 2 aromatic rings. The maximum absolute atomic E-state index is 13.3. The third-order valence-corrected chi connectivity index (χ3v) is 3.46. The minimum Gasteiger partial charge on any atom is -0.368 e. The van der Waals surface area contributed by atoms with Crippen molar-refractivity contribution in [1.29, 1.82) is 0 Å². The van der Waals surface area contributed by atoms with Crippen molar-refractivity contribution in [3.8, 4) is 0 Å². The van der Waals surface area contributed by atoms with E-state index >= 15 is 0 Å². The summed E-state index contributed by atoms with van der Waals surface area (Å²) in [5.74, 6) is 0.429. The van der Waals surface area contributed by atoms with Crippen LogP contribution in [0.4, 0.5) is 16.3 Å². The molecule has 0 bridgehead atoms. The molecule has 0 fully saturated rings. The number of nitrogens with two attached hydrogens (primary N) is 1. The van der Waals surface area contributed by atoms with Gasteiger partial charge in [-0.3, -0.25) is 0 Å². The van der Waals surface area contributed by atoms with Gasteiger partial charge in [0.2, 0.25) is 11.9 Å². The van der Waals surface area contributed by atoms with Crippen molar-refractivity contribution >= 4 is 11.9 Å². The van der Waals surface area contributed by atoms with Crippen LogP contribution in [-0.2, 0) is 6.42 Å². The molecule has 20 heavy (non-hydrogen) atoms. The Hall–Kier alpha value is -2.24. The summed E-state index contributed by atoms with van der Waals surface area (Å²) in [6.07, 6.45) is 0.711. The molecule has 104 valence electrons. The maximum atomic E-state index is 13.3. The smallest absolute Gasteiger partial charge is 0.228 e. The van der Waals surface area contributed by atoms with Gasteiger partial charge in [-0.15, -0.1) is 0 Å². The van der Waals surface area contributed by atoms with Crippen LogP contribution in [0.2, 0.25) is 0 Å². The molecule has 3 N–H and O–H groups in total. The topological polar surface area (TPSA) is 76.7 Å². The first-order valence-corrected chi connectivity index (χ1v) is 6.63. The van der Waals surface area contributed by atoms with E-state index in [9.17, 15) is 4.39 Å². The normalized spacial score (nSPS) is 18.6. The molecule has 2 atom stereocenters. The number of nitrogens with one attached hydrogen (secondary N) is 1. The van der Waals surface area contributed by atoms with Crippen molar-refractivity contribution in [2.24, 2.45) is 0 Å². The highest BCUT2D eigenvalue weighted by molar-refractivity contribution is 5.41. The third-order valence-electron chi connectivity index (χ3n) is 3.46. The zero-order chi connectivity index (χ0) is 14.1. The first kappa shape index (κ1) is 12.8. The number of alkyl halides is 1. The standard InChI is InChI=1S/C14H16FN5/c1-8(15)12-18-13(16)20-14(19-12)17-11-7-6-9-4-2-3-5-10(9)11/h2-5,8,11H,6-7H2,1H3,(H3,16,17,18,19,20). The van der Waals surface area contributed by atoms with Crippen LogP contribution in [0.5, 0.6) is 0 Å². The van der Waals surface area contributed by atoms with E-state index in [0.717, 1.165) is 12.8 Å². The molecule has 0 spiro atoms. The first-order valence-electron chi connectivity index (χ1n) is 6.63. The van der Waals surface area contributed by atoms with Gasteiger partial charge in [0, 0.05) is 0 Å². The predicted octanol–water partition coefficient (Wildman–Crippen LogP) is 2.58. The van der Waals surface area contributed by atoms with Crippen LogP contribution in [0.3, 0.4) is 0 Å². The molecule has 0 aliphatic heterocycles. The van der Waals surface area contributed by atoms with Gasteiger partial charge in [-0.2, -0.15) is 15.0 Å². The van der Waals surface area contributed by atoms with Crippen LogP contribution in [0, 0.1) is 0 Å². The Balaban J connectivity index is 1.86. The molecule has 1 aliphatic carbocycles. The van der Waals surface area contributed by atoms with Crippen molar-refractivity contribution in [1.82, 2.24) is 15.0 Å². The zero-order valence-electron chi connectivity index (χ0n) is 11.2. The molecule has 1 aromatic heterocycles. The summed E-state index contributed by atoms with van der Waals surface area (Å²) in [5, 5.41) is 3.22. The maximum Gasteiger partial charge on any atom is 0.228 e. The van der Waals surface area contributed by atoms with Crippen molar-refractivity contribution < 1.29 is 4.39 Å². The minimum atomic E-state index is -1.27. The SMILES string of the molecule is CC(F)c1nc(N)nc(NC2CCc3ccccc32)n1. The molecule has 3 rings (SSSR count). The number of hydrogen-bond acceptors (Lipinski definition) is 5. The number of aryl methyl sites for hydroxylation is 1. The largest absolute Gasteiger partial charge is 0.368 e. The van der Waals surface area contributed by atoms with Crippen molar-refractivity contribution in [2.75, 3.05) is 11.1 Å². The quantitative estimate of drug-likeness (QED) is 0.898. The monoisotopic (exact) mass is 273 g/mol.